The Balaban J connectivity index is 0.00000480. The van der Waals surface area contributed by atoms with Crippen molar-refractivity contribution in [3.63, 3.8) is 0 Å². The number of carboxylic acid groups (broad SMARTS) is 1. The van der Waals surface area contributed by atoms with Gasteiger partial charge in [-0.2, -0.15) is 0 Å². The van der Waals surface area contributed by atoms with E-state index in [1.807, 2.05) is 20.8 Å². The zero-order chi connectivity index (χ0) is 22.6. The fourth-order valence-electron chi connectivity index (χ4n) is 4.58. The van der Waals surface area contributed by atoms with Gasteiger partial charge in [-0.3, -0.25) is 4.79 Å². The molecule has 0 radical (unpaired) electrons. The van der Waals surface area contributed by atoms with Crippen molar-refractivity contribution in [3.05, 3.63) is 23.8 Å². The van der Waals surface area contributed by atoms with Gasteiger partial charge in [0.1, 0.15) is 6.10 Å². The van der Waals surface area contributed by atoms with Crippen LogP contribution in [0.2, 0.25) is 0 Å². The molecular weight excluding hydrogens is 398 g/mol. The van der Waals surface area contributed by atoms with Gasteiger partial charge in [-0.25, -0.2) is 0 Å². The third-order valence-corrected chi connectivity index (χ3v) is 6.78. The maximum atomic E-state index is 12.8. The second-order valence-corrected chi connectivity index (χ2v) is 9.82. The summed E-state index contributed by atoms with van der Waals surface area (Å²) in [6, 6.07) is 0. The largest absolute Gasteiger partial charge is 0.550 e. The molecule has 0 spiro atoms. The lowest BCUT2D eigenvalue weighted by Gasteiger charge is -2.44. The number of hydrogen-bond acceptors (Lipinski definition) is 6. The molecule has 0 saturated carbocycles. The molecule has 7 nitrogen and oxygen atoms in total. The highest BCUT2D eigenvalue weighted by Crippen LogP contribution is 2.45. The SMILES string of the molecule is CCC(C)(C)C(=O)O[C@H]1C[C@@H](C)C=C2C=C[C@H](C)[C@H](C[C@@H](O)C[C@@H](O)CC(=O)[O-])[C@H]21.[NH4+]. The lowest BCUT2D eigenvalue weighted by atomic mass is 9.65. The second-order valence-electron chi connectivity index (χ2n) is 9.82. The number of carboxylic acids is 1. The molecule has 0 aromatic rings. The van der Waals surface area contributed by atoms with Crippen molar-refractivity contribution in [3.8, 4) is 0 Å². The third kappa shape index (κ3) is 7.16. The van der Waals surface area contributed by atoms with E-state index in [2.05, 4.69) is 32.1 Å². The normalized spacial score (nSPS) is 29.8. The van der Waals surface area contributed by atoms with Crippen molar-refractivity contribution < 1.29 is 29.6 Å². The van der Waals surface area contributed by atoms with Gasteiger partial charge in [-0.05, 0) is 62.9 Å². The Labute approximate surface area is 186 Å². The molecule has 0 aliphatic heterocycles. The van der Waals surface area contributed by atoms with Gasteiger partial charge in [0, 0.05) is 18.3 Å². The van der Waals surface area contributed by atoms with E-state index in [9.17, 15) is 24.9 Å². The first-order chi connectivity index (χ1) is 13.9. The van der Waals surface area contributed by atoms with Gasteiger partial charge in [0.15, 0.2) is 0 Å². The van der Waals surface area contributed by atoms with Gasteiger partial charge in [-0.1, -0.05) is 39.0 Å². The van der Waals surface area contributed by atoms with E-state index in [0.717, 1.165) is 12.0 Å². The fourth-order valence-corrected chi connectivity index (χ4v) is 4.58. The molecule has 2 rings (SSSR count). The van der Waals surface area contributed by atoms with E-state index in [0.29, 0.717) is 12.8 Å². The number of rotatable bonds is 9. The van der Waals surface area contributed by atoms with Crippen molar-refractivity contribution in [2.24, 2.45) is 29.1 Å². The molecule has 0 saturated heterocycles. The van der Waals surface area contributed by atoms with Crippen LogP contribution in [0, 0.1) is 29.1 Å². The Morgan fingerprint density at radius 3 is 2.48 bits per heavy atom. The Bertz CT molecular complexity index is 686. The summed E-state index contributed by atoms with van der Waals surface area (Å²) in [4.78, 5) is 23.5. The maximum Gasteiger partial charge on any atom is 0.311 e. The number of aliphatic carboxylic acids is 1. The van der Waals surface area contributed by atoms with Gasteiger partial charge in [0.05, 0.1) is 17.6 Å². The standard InChI is InChI=1S/C24H38O6.H3N/c1-6-24(4,5)23(29)30-20-10-14(2)9-16-8-7-15(3)19(22(16)20)12-17(25)11-18(26)13-21(27)28;/h7-9,14-15,17-20,22,25-26H,6,10-13H2,1-5H3,(H,27,28);1H3/t14-,15-,17-,18+,19-,20-,22-;/m0./s1. The van der Waals surface area contributed by atoms with E-state index in [-0.39, 0.29) is 48.3 Å². The van der Waals surface area contributed by atoms with Crippen molar-refractivity contribution in [1.82, 2.24) is 6.15 Å². The van der Waals surface area contributed by atoms with Crippen LogP contribution in [0.4, 0.5) is 0 Å². The predicted molar refractivity (Wildman–Crippen MR) is 118 cm³/mol. The zero-order valence-electron chi connectivity index (χ0n) is 19.8. The molecule has 7 heteroatoms. The third-order valence-electron chi connectivity index (χ3n) is 6.78. The zero-order valence-corrected chi connectivity index (χ0v) is 19.8. The van der Waals surface area contributed by atoms with Crippen LogP contribution in [-0.2, 0) is 14.3 Å². The molecule has 0 bridgehead atoms. The Morgan fingerprint density at radius 2 is 1.90 bits per heavy atom. The number of carbonyl (C=O) groups is 2. The van der Waals surface area contributed by atoms with Crippen LogP contribution in [0.5, 0.6) is 0 Å². The molecule has 0 aromatic carbocycles. The van der Waals surface area contributed by atoms with Crippen molar-refractivity contribution >= 4 is 11.9 Å². The summed E-state index contributed by atoms with van der Waals surface area (Å²) in [6.07, 6.45) is 5.50. The first-order valence-corrected chi connectivity index (χ1v) is 11.1. The smallest absolute Gasteiger partial charge is 0.311 e. The fraction of sp³-hybridized carbons (Fsp3) is 0.750. The summed E-state index contributed by atoms with van der Waals surface area (Å²) < 4.78 is 6.05. The molecular formula is C24H41NO6. The van der Waals surface area contributed by atoms with Crippen LogP contribution in [-0.4, -0.2) is 40.5 Å². The Hall–Kier alpha value is -1.70. The maximum absolute atomic E-state index is 12.8. The quantitative estimate of drug-likeness (QED) is 0.471. The summed E-state index contributed by atoms with van der Waals surface area (Å²) in [5.74, 6) is -1.08. The van der Waals surface area contributed by atoms with Crippen molar-refractivity contribution in [1.29, 1.82) is 0 Å². The van der Waals surface area contributed by atoms with E-state index >= 15 is 0 Å². The Morgan fingerprint density at radius 1 is 1.26 bits per heavy atom. The topological polar surface area (TPSA) is 143 Å². The number of quaternary nitrogens is 1. The molecule has 0 amide bonds. The monoisotopic (exact) mass is 439 g/mol. The molecule has 2 aliphatic rings. The number of aliphatic hydroxyl groups is 2. The molecule has 7 atom stereocenters. The number of hydrogen-bond donors (Lipinski definition) is 3. The minimum absolute atomic E-state index is 0. The van der Waals surface area contributed by atoms with Crippen LogP contribution in [0.1, 0.15) is 66.7 Å². The molecule has 6 N–H and O–H groups in total. The number of carbonyl (C=O) groups excluding carboxylic acids is 2. The average molecular weight is 440 g/mol. The summed E-state index contributed by atoms with van der Waals surface area (Å²) in [6.45, 7) is 9.94. The molecule has 0 unspecified atom stereocenters. The minimum atomic E-state index is -1.33. The number of aliphatic hydroxyl groups excluding tert-OH is 2. The van der Waals surface area contributed by atoms with Gasteiger partial charge in [0.25, 0.3) is 0 Å². The summed E-state index contributed by atoms with van der Waals surface area (Å²) in [5, 5.41) is 31.1. The van der Waals surface area contributed by atoms with Gasteiger partial charge in [-0.15, -0.1) is 0 Å². The first kappa shape index (κ1) is 27.3. The lowest BCUT2D eigenvalue weighted by molar-refractivity contribution is -0.307. The molecule has 0 heterocycles. The highest BCUT2D eigenvalue weighted by Gasteiger charge is 2.43. The van der Waals surface area contributed by atoms with E-state index in [4.69, 9.17) is 4.74 Å². The minimum Gasteiger partial charge on any atom is -0.550 e. The van der Waals surface area contributed by atoms with Crippen molar-refractivity contribution in [2.75, 3.05) is 0 Å². The molecule has 0 aromatic heterocycles. The summed E-state index contributed by atoms with van der Waals surface area (Å²) >= 11 is 0. The van der Waals surface area contributed by atoms with E-state index in [1.54, 1.807) is 0 Å². The van der Waals surface area contributed by atoms with Crippen LogP contribution in [0.3, 0.4) is 0 Å². The second kappa shape index (κ2) is 11.2. The van der Waals surface area contributed by atoms with Crippen LogP contribution < -0.4 is 11.3 Å². The Kier molecular flexibility index (Phi) is 9.92. The van der Waals surface area contributed by atoms with Crippen LogP contribution in [0.15, 0.2) is 23.8 Å². The summed E-state index contributed by atoms with van der Waals surface area (Å²) in [5.41, 5.74) is 0.580. The predicted octanol–water partition coefficient (Wildman–Crippen LogP) is 2.76. The average Bonchev–Trinajstić information content (AvgIpc) is 2.62. The van der Waals surface area contributed by atoms with E-state index < -0.39 is 30.0 Å². The first-order valence-electron chi connectivity index (χ1n) is 11.1. The van der Waals surface area contributed by atoms with E-state index in [1.165, 1.54) is 0 Å². The van der Waals surface area contributed by atoms with Gasteiger partial charge < -0.3 is 31.0 Å². The molecule has 31 heavy (non-hydrogen) atoms. The number of ether oxygens (including phenoxy) is 1. The summed E-state index contributed by atoms with van der Waals surface area (Å²) in [7, 11) is 0. The highest BCUT2D eigenvalue weighted by molar-refractivity contribution is 5.76. The lowest BCUT2D eigenvalue weighted by Crippen LogP contribution is -2.43. The number of esters is 1. The molecule has 178 valence electrons. The van der Waals surface area contributed by atoms with Crippen molar-refractivity contribution in [2.45, 2.75) is 85.0 Å². The molecule has 0 fully saturated rings. The van der Waals surface area contributed by atoms with Crippen LogP contribution in [0.25, 0.3) is 0 Å². The molecule has 2 aliphatic carbocycles. The van der Waals surface area contributed by atoms with Gasteiger partial charge in [0.2, 0.25) is 0 Å². The number of fused-ring (bicyclic) bond motifs is 1. The van der Waals surface area contributed by atoms with Crippen LogP contribution >= 0.6 is 0 Å². The number of allylic oxidation sites excluding steroid dienone is 3. The van der Waals surface area contributed by atoms with Gasteiger partial charge >= 0.3 is 5.97 Å². The highest BCUT2D eigenvalue weighted by atomic mass is 16.5.